The third kappa shape index (κ3) is 8.95. The van der Waals surface area contributed by atoms with Crippen molar-refractivity contribution in [3.8, 4) is 83.9 Å². The Balaban J connectivity index is 0.975. The summed E-state index contributed by atoms with van der Waals surface area (Å²) in [5, 5.41) is 7.26. The molecule has 0 unspecified atom stereocenters. The third-order valence-electron chi connectivity index (χ3n) is 19.5. The smallest absolute Gasteiger partial charge is 0.256 e. The minimum atomic E-state index is -0.246. The Labute approximate surface area is 539 Å². The molecule has 4 heteroatoms. The second kappa shape index (κ2) is 21.4. The summed E-state index contributed by atoms with van der Waals surface area (Å²) >= 11 is 0. The van der Waals surface area contributed by atoms with Gasteiger partial charge in [-0.3, -0.25) is 0 Å². The second-order valence-electron chi connectivity index (χ2n) is 27.1. The quantitative estimate of drug-likeness (QED) is 0.111. The maximum Gasteiger partial charge on any atom is 0.256 e. The first-order chi connectivity index (χ1) is 44.9. The molecule has 17 rings (SSSR count). The number of para-hydroxylation sites is 2. The first-order valence-corrected chi connectivity index (χ1v) is 32.3. The SMILES string of the molecule is CC(C)(C)c1cc(-c2ccccc2)c(N2c3cc(-c4c5ccccc5c(-c5cc(-c6ccccc6)ccc5-c5ccccc5)c5ccccc45)ccc3B3c4ccc(-n5c6ccccc6c6ccccc65)cc4Oc4cc(C(C)(C)C)cc2c43)c(-c2ccccc2)c1. The lowest BCUT2D eigenvalue weighted by atomic mass is 9.34. The summed E-state index contributed by atoms with van der Waals surface area (Å²) < 4.78 is 9.99. The normalized spacial score (nSPS) is 12.7. The van der Waals surface area contributed by atoms with Crippen molar-refractivity contribution in [1.82, 2.24) is 4.57 Å². The predicted octanol–water partition coefficient (Wildman–Crippen LogP) is 22.1. The van der Waals surface area contributed by atoms with Gasteiger partial charge in [-0.1, -0.05) is 278 Å². The molecule has 14 aromatic carbocycles. The third-order valence-corrected chi connectivity index (χ3v) is 19.5. The van der Waals surface area contributed by atoms with E-state index in [2.05, 4.69) is 348 Å². The summed E-state index contributed by atoms with van der Waals surface area (Å²) in [6.45, 7) is 13.8. The zero-order chi connectivity index (χ0) is 62.0. The zero-order valence-electron chi connectivity index (χ0n) is 52.7. The van der Waals surface area contributed by atoms with E-state index in [-0.39, 0.29) is 17.5 Å². The van der Waals surface area contributed by atoms with E-state index in [4.69, 9.17) is 4.74 Å². The van der Waals surface area contributed by atoms with Crippen LogP contribution in [-0.2, 0) is 10.8 Å². The van der Waals surface area contributed by atoms with Gasteiger partial charge in [0.25, 0.3) is 6.71 Å². The molecule has 0 fully saturated rings. The second-order valence-corrected chi connectivity index (χ2v) is 27.1. The fourth-order valence-electron chi connectivity index (χ4n) is 15.0. The highest BCUT2D eigenvalue weighted by molar-refractivity contribution is 6.99. The van der Waals surface area contributed by atoms with Gasteiger partial charge in [-0.25, -0.2) is 0 Å². The topological polar surface area (TPSA) is 17.4 Å². The average Bonchev–Trinajstić information content (AvgIpc) is 0.821. The maximum absolute atomic E-state index is 7.58. The standard InChI is InChI=1S/C88H67BN2O/c1-87(2,3)62-51-72(58-31-15-9-16-32-58)86(73(52-62)59-33-17-10-18-34-59)91-79-50-61(83-68-37-19-21-39-70(68)84(71-40-22-20-38-69(71)83)74-49-60(56-27-11-7-12-28-56)43-46-65(74)57-29-13-8-14-30-57)44-47-75(79)89-76-48-45-64(90-77-41-25-23-35-66(77)67-36-24-26-42-78(67)90)55-81(76)92-82-54-63(88(4,5)6)53-80(91)85(82)89/h7-55H,1-6H3. The van der Waals surface area contributed by atoms with Gasteiger partial charge in [0, 0.05) is 45.0 Å². The summed E-state index contributed by atoms with van der Waals surface area (Å²) in [4.78, 5) is 2.65. The lowest BCUT2D eigenvalue weighted by Crippen LogP contribution is -2.59. The molecule has 92 heavy (non-hydrogen) atoms. The maximum atomic E-state index is 7.58. The van der Waals surface area contributed by atoms with Crippen LogP contribution in [0.2, 0.25) is 0 Å². The molecule has 438 valence electrons. The summed E-state index contributed by atoms with van der Waals surface area (Å²) in [7, 11) is 0. The number of ether oxygens (including phenoxy) is 1. The Morgan fingerprint density at radius 3 is 1.30 bits per heavy atom. The molecule has 1 aromatic heterocycles. The number of anilines is 3. The molecular formula is C88H67BN2O. The summed E-state index contributed by atoms with van der Waals surface area (Å²) in [6.07, 6.45) is 0. The van der Waals surface area contributed by atoms with Crippen molar-refractivity contribution in [2.45, 2.75) is 52.4 Å². The van der Waals surface area contributed by atoms with Gasteiger partial charge >= 0.3 is 0 Å². The van der Waals surface area contributed by atoms with Gasteiger partial charge in [0.05, 0.1) is 16.7 Å². The first kappa shape index (κ1) is 55.2. The van der Waals surface area contributed by atoms with E-state index in [1.165, 1.54) is 115 Å². The van der Waals surface area contributed by atoms with Crippen LogP contribution in [-0.4, -0.2) is 11.3 Å². The molecular weight excluding hydrogens is 1110 g/mol. The van der Waals surface area contributed by atoms with Crippen molar-refractivity contribution in [2.75, 3.05) is 4.90 Å². The van der Waals surface area contributed by atoms with Gasteiger partial charge in [-0.05, 0) is 170 Å². The largest absolute Gasteiger partial charge is 0.458 e. The monoisotopic (exact) mass is 1180 g/mol. The molecule has 2 aliphatic heterocycles. The van der Waals surface area contributed by atoms with E-state index in [0.29, 0.717) is 0 Å². The molecule has 0 amide bonds. The van der Waals surface area contributed by atoms with Crippen LogP contribution < -0.4 is 26.0 Å². The van der Waals surface area contributed by atoms with Gasteiger partial charge in [0.2, 0.25) is 0 Å². The average molecular weight is 1180 g/mol. The van der Waals surface area contributed by atoms with E-state index in [1.54, 1.807) is 0 Å². The van der Waals surface area contributed by atoms with Crippen LogP contribution in [0.4, 0.5) is 17.1 Å². The van der Waals surface area contributed by atoms with Gasteiger partial charge in [-0.15, -0.1) is 0 Å². The molecule has 2 aliphatic rings. The molecule has 0 spiro atoms. The van der Waals surface area contributed by atoms with Crippen molar-refractivity contribution in [3.05, 3.63) is 308 Å². The van der Waals surface area contributed by atoms with Crippen LogP contribution in [0.25, 0.3) is 116 Å². The predicted molar refractivity (Wildman–Crippen MR) is 392 cm³/mol. The number of benzene rings is 14. The van der Waals surface area contributed by atoms with Crippen LogP contribution in [0.3, 0.4) is 0 Å². The number of fused-ring (bicyclic) bond motifs is 9. The number of hydrogen-bond acceptors (Lipinski definition) is 2. The minimum Gasteiger partial charge on any atom is -0.458 e. The van der Waals surface area contributed by atoms with Crippen molar-refractivity contribution in [2.24, 2.45) is 0 Å². The molecule has 0 saturated carbocycles. The fourth-order valence-corrected chi connectivity index (χ4v) is 15.0. The summed E-state index contributed by atoms with van der Waals surface area (Å²) in [5.41, 5.74) is 26.6. The van der Waals surface area contributed by atoms with E-state index in [0.717, 1.165) is 56.4 Å². The molecule has 0 bridgehead atoms. The van der Waals surface area contributed by atoms with Crippen LogP contribution in [0.5, 0.6) is 11.5 Å². The number of rotatable bonds is 8. The lowest BCUT2D eigenvalue weighted by molar-refractivity contribution is 0.483. The highest BCUT2D eigenvalue weighted by Gasteiger charge is 2.44. The van der Waals surface area contributed by atoms with Crippen molar-refractivity contribution in [3.63, 3.8) is 0 Å². The van der Waals surface area contributed by atoms with Crippen molar-refractivity contribution < 1.29 is 4.74 Å². The Kier molecular flexibility index (Phi) is 12.8. The van der Waals surface area contributed by atoms with E-state index < -0.39 is 0 Å². The fraction of sp³-hybridized carbons (Fsp3) is 0.0909. The Morgan fingerprint density at radius 2 is 0.761 bits per heavy atom. The van der Waals surface area contributed by atoms with Gasteiger partial charge in [0.15, 0.2) is 0 Å². The molecule has 0 aliphatic carbocycles. The summed E-state index contributed by atoms with van der Waals surface area (Å²) in [6, 6.07) is 111. The number of aromatic nitrogens is 1. The minimum absolute atomic E-state index is 0.163. The Bertz CT molecular complexity index is 5270. The molecule has 0 atom stereocenters. The van der Waals surface area contributed by atoms with Crippen molar-refractivity contribution >= 4 is 83.5 Å². The van der Waals surface area contributed by atoms with E-state index >= 15 is 0 Å². The van der Waals surface area contributed by atoms with Crippen LogP contribution >= 0.6 is 0 Å². The van der Waals surface area contributed by atoms with Crippen molar-refractivity contribution in [1.29, 1.82) is 0 Å². The molecule has 0 saturated heterocycles. The van der Waals surface area contributed by atoms with Gasteiger partial charge in [-0.2, -0.15) is 0 Å². The van der Waals surface area contributed by atoms with Crippen LogP contribution in [0.1, 0.15) is 52.7 Å². The molecule has 3 heterocycles. The van der Waals surface area contributed by atoms with Gasteiger partial charge < -0.3 is 14.2 Å². The Morgan fingerprint density at radius 1 is 0.304 bits per heavy atom. The highest BCUT2D eigenvalue weighted by atomic mass is 16.5. The van der Waals surface area contributed by atoms with Gasteiger partial charge in [0.1, 0.15) is 11.5 Å². The summed E-state index contributed by atoms with van der Waals surface area (Å²) in [5.74, 6) is 1.75. The number of nitrogens with zero attached hydrogens (tertiary/aromatic N) is 2. The number of hydrogen-bond donors (Lipinski definition) is 0. The lowest BCUT2D eigenvalue weighted by Gasteiger charge is -2.43. The Hall–Kier alpha value is -10.9. The van der Waals surface area contributed by atoms with Crippen LogP contribution in [0, 0.1) is 0 Å². The zero-order valence-corrected chi connectivity index (χ0v) is 52.7. The first-order valence-electron chi connectivity index (χ1n) is 32.3. The van der Waals surface area contributed by atoms with E-state index in [9.17, 15) is 0 Å². The molecule has 3 nitrogen and oxygen atoms in total. The molecule has 0 N–H and O–H groups in total. The van der Waals surface area contributed by atoms with Crippen LogP contribution in [0.15, 0.2) is 297 Å². The molecule has 0 radical (unpaired) electrons. The highest BCUT2D eigenvalue weighted by Crippen LogP contribution is 2.54. The molecule has 15 aromatic rings. The van der Waals surface area contributed by atoms with E-state index in [1.807, 2.05) is 0 Å².